The molecule has 72 valence electrons. The van der Waals surface area contributed by atoms with E-state index in [0.717, 1.165) is 32.1 Å². The maximum Gasteiger partial charge on any atom is 0.0894 e. The maximum absolute atomic E-state index is 11.6. The molecule has 0 atom stereocenters. The van der Waals surface area contributed by atoms with Crippen LogP contribution in [-0.4, -0.2) is 18.4 Å². The Morgan fingerprint density at radius 1 is 0.917 bits per heavy atom. The molecule has 1 N–H and O–H groups in total. The van der Waals surface area contributed by atoms with Crippen LogP contribution in [0.4, 0.5) is 4.39 Å². The van der Waals surface area contributed by atoms with Crippen molar-refractivity contribution in [3.05, 3.63) is 12.2 Å². The van der Waals surface area contributed by atoms with Gasteiger partial charge in [0, 0.05) is 6.61 Å². The van der Waals surface area contributed by atoms with E-state index < -0.39 is 0 Å². The third-order valence-electron chi connectivity index (χ3n) is 1.72. The van der Waals surface area contributed by atoms with Gasteiger partial charge in [0.05, 0.1) is 6.67 Å². The van der Waals surface area contributed by atoms with Gasteiger partial charge in [-0.3, -0.25) is 4.39 Å². The molecular formula is C10H19FO. The molecule has 0 aliphatic carbocycles. The molecule has 0 aliphatic heterocycles. The molecule has 0 radical (unpaired) electrons. The summed E-state index contributed by atoms with van der Waals surface area (Å²) in [4.78, 5) is 0. The molecule has 0 spiro atoms. The highest BCUT2D eigenvalue weighted by atomic mass is 19.1. The van der Waals surface area contributed by atoms with Crippen molar-refractivity contribution >= 4 is 0 Å². The minimum Gasteiger partial charge on any atom is -0.396 e. The number of aliphatic hydroxyl groups excluding tert-OH is 1. The van der Waals surface area contributed by atoms with Gasteiger partial charge in [-0.25, -0.2) is 0 Å². The van der Waals surface area contributed by atoms with Gasteiger partial charge >= 0.3 is 0 Å². The Morgan fingerprint density at radius 2 is 1.58 bits per heavy atom. The van der Waals surface area contributed by atoms with Crippen LogP contribution in [-0.2, 0) is 0 Å². The van der Waals surface area contributed by atoms with Crippen LogP contribution in [0.3, 0.4) is 0 Å². The summed E-state index contributed by atoms with van der Waals surface area (Å²) in [6.45, 7) is 0.0543. The number of hydrogen-bond donors (Lipinski definition) is 1. The molecule has 0 aliphatic rings. The lowest BCUT2D eigenvalue weighted by Gasteiger charge is -1.94. The number of hydrogen-bond acceptors (Lipinski definition) is 1. The molecule has 0 unspecified atom stereocenters. The van der Waals surface area contributed by atoms with Crippen molar-refractivity contribution in [1.29, 1.82) is 0 Å². The zero-order valence-electron chi connectivity index (χ0n) is 7.64. The number of alkyl halides is 1. The molecule has 1 nitrogen and oxygen atoms in total. The zero-order valence-corrected chi connectivity index (χ0v) is 7.64. The third kappa shape index (κ3) is 9.63. The third-order valence-corrected chi connectivity index (χ3v) is 1.72. The highest BCUT2D eigenvalue weighted by Crippen LogP contribution is 2.03. The van der Waals surface area contributed by atoms with Crippen molar-refractivity contribution in [1.82, 2.24) is 0 Å². The van der Waals surface area contributed by atoms with E-state index in [1.807, 2.05) is 6.08 Å². The molecule has 0 heterocycles. The molecule has 0 aromatic carbocycles. The average Bonchev–Trinajstić information content (AvgIpc) is 2.10. The lowest BCUT2D eigenvalue weighted by atomic mass is 10.1. The molecular weight excluding hydrogens is 155 g/mol. The molecule has 12 heavy (non-hydrogen) atoms. The lowest BCUT2D eigenvalue weighted by Crippen LogP contribution is -1.79. The van der Waals surface area contributed by atoms with Gasteiger partial charge in [-0.1, -0.05) is 25.0 Å². The van der Waals surface area contributed by atoms with Gasteiger partial charge in [0.15, 0.2) is 0 Å². The SMILES string of the molecule is OCC/C=C/CCCCCCF. The molecule has 0 aromatic heterocycles. The normalized spacial score (nSPS) is 11.2. The fourth-order valence-electron chi connectivity index (χ4n) is 1.02. The number of aliphatic hydroxyl groups is 1. The van der Waals surface area contributed by atoms with Gasteiger partial charge in [-0.05, 0) is 25.7 Å². The standard InChI is InChI=1S/C10H19FO/c11-9-7-5-3-1-2-4-6-8-10-12/h4,6,12H,1-3,5,7-10H2/b6-4+. The second kappa shape index (κ2) is 10.6. The van der Waals surface area contributed by atoms with Gasteiger partial charge in [-0.2, -0.15) is 0 Å². The summed E-state index contributed by atoms with van der Waals surface area (Å²) in [5, 5.41) is 8.45. The van der Waals surface area contributed by atoms with Crippen LogP contribution >= 0.6 is 0 Å². The fourth-order valence-corrected chi connectivity index (χ4v) is 1.02. The van der Waals surface area contributed by atoms with E-state index in [1.54, 1.807) is 0 Å². The number of allylic oxidation sites excluding steroid dienone is 1. The first kappa shape index (κ1) is 11.6. The average molecular weight is 174 g/mol. The Kier molecular flexibility index (Phi) is 10.3. The Balaban J connectivity index is 2.90. The Hall–Kier alpha value is -0.370. The first-order valence-corrected chi connectivity index (χ1v) is 4.73. The van der Waals surface area contributed by atoms with E-state index in [2.05, 4.69) is 6.08 Å². The minimum absolute atomic E-state index is 0.180. The van der Waals surface area contributed by atoms with Crippen LogP contribution in [0.1, 0.15) is 38.5 Å². The molecule has 2 heteroatoms. The van der Waals surface area contributed by atoms with E-state index >= 15 is 0 Å². The van der Waals surface area contributed by atoms with E-state index in [0.29, 0.717) is 6.42 Å². The second-order valence-corrected chi connectivity index (χ2v) is 2.88. The van der Waals surface area contributed by atoms with E-state index in [4.69, 9.17) is 5.11 Å². The summed E-state index contributed by atoms with van der Waals surface area (Å²) in [5.74, 6) is 0. The van der Waals surface area contributed by atoms with E-state index in [9.17, 15) is 4.39 Å². The molecule has 0 fully saturated rings. The van der Waals surface area contributed by atoms with Crippen molar-refractivity contribution in [3.63, 3.8) is 0 Å². The van der Waals surface area contributed by atoms with Crippen LogP contribution in [0.15, 0.2) is 12.2 Å². The molecule has 0 amide bonds. The van der Waals surface area contributed by atoms with Gasteiger partial charge in [0.1, 0.15) is 0 Å². The summed E-state index contributed by atoms with van der Waals surface area (Å²) in [6, 6.07) is 0. The molecule has 0 bridgehead atoms. The smallest absolute Gasteiger partial charge is 0.0894 e. The first-order chi connectivity index (χ1) is 5.91. The highest BCUT2D eigenvalue weighted by Gasteiger charge is 1.86. The van der Waals surface area contributed by atoms with Crippen molar-refractivity contribution in [3.8, 4) is 0 Å². The van der Waals surface area contributed by atoms with Gasteiger partial charge < -0.3 is 5.11 Å². The van der Waals surface area contributed by atoms with Crippen LogP contribution < -0.4 is 0 Å². The Labute approximate surface area is 74.3 Å². The predicted octanol–water partition coefficient (Wildman–Crippen LogP) is 2.85. The largest absolute Gasteiger partial charge is 0.396 e. The molecule has 0 rings (SSSR count). The van der Waals surface area contributed by atoms with Crippen molar-refractivity contribution in [2.24, 2.45) is 0 Å². The number of unbranched alkanes of at least 4 members (excludes halogenated alkanes) is 4. The van der Waals surface area contributed by atoms with Gasteiger partial charge in [0.2, 0.25) is 0 Å². The summed E-state index contributed by atoms with van der Waals surface area (Å²) in [5.41, 5.74) is 0. The van der Waals surface area contributed by atoms with Crippen LogP contribution in [0.2, 0.25) is 0 Å². The summed E-state index contributed by atoms with van der Waals surface area (Å²) < 4.78 is 11.6. The lowest BCUT2D eigenvalue weighted by molar-refractivity contribution is 0.302. The minimum atomic E-state index is -0.180. The molecule has 0 aromatic rings. The predicted molar refractivity (Wildman–Crippen MR) is 49.9 cm³/mol. The second-order valence-electron chi connectivity index (χ2n) is 2.88. The van der Waals surface area contributed by atoms with Gasteiger partial charge in [0.25, 0.3) is 0 Å². The molecule has 0 saturated heterocycles. The highest BCUT2D eigenvalue weighted by molar-refractivity contribution is 4.80. The first-order valence-electron chi connectivity index (χ1n) is 4.73. The number of halogens is 1. The summed E-state index contributed by atoms with van der Waals surface area (Å²) in [7, 11) is 0. The quantitative estimate of drug-likeness (QED) is 0.443. The van der Waals surface area contributed by atoms with Gasteiger partial charge in [-0.15, -0.1) is 0 Å². The Bertz CT molecular complexity index is 102. The topological polar surface area (TPSA) is 20.2 Å². The maximum atomic E-state index is 11.6. The fraction of sp³-hybridized carbons (Fsp3) is 0.800. The molecule has 0 saturated carbocycles. The van der Waals surface area contributed by atoms with Crippen LogP contribution in [0, 0.1) is 0 Å². The van der Waals surface area contributed by atoms with Crippen molar-refractivity contribution in [2.45, 2.75) is 38.5 Å². The van der Waals surface area contributed by atoms with Crippen molar-refractivity contribution < 1.29 is 9.50 Å². The van der Waals surface area contributed by atoms with Crippen molar-refractivity contribution in [2.75, 3.05) is 13.3 Å². The van der Waals surface area contributed by atoms with Crippen LogP contribution in [0.5, 0.6) is 0 Å². The summed E-state index contributed by atoms with van der Waals surface area (Å²) >= 11 is 0. The Morgan fingerprint density at radius 3 is 2.25 bits per heavy atom. The zero-order chi connectivity index (χ0) is 9.07. The number of rotatable bonds is 8. The van der Waals surface area contributed by atoms with E-state index in [1.165, 1.54) is 0 Å². The monoisotopic (exact) mass is 174 g/mol. The van der Waals surface area contributed by atoms with Crippen LogP contribution in [0.25, 0.3) is 0 Å². The van der Waals surface area contributed by atoms with E-state index in [-0.39, 0.29) is 13.3 Å². The summed E-state index contributed by atoms with van der Waals surface area (Å²) in [6.07, 6.45) is 9.87.